The highest BCUT2D eigenvalue weighted by atomic mass is 35.5. The maximum absolute atomic E-state index is 12.0. The number of hydrogen-bond donors (Lipinski definition) is 2. The molecule has 4 nitrogen and oxygen atoms in total. The van der Waals surface area contributed by atoms with Crippen molar-refractivity contribution in [1.29, 1.82) is 0 Å². The molecule has 118 valence electrons. The van der Waals surface area contributed by atoms with Crippen molar-refractivity contribution in [3.8, 4) is 0 Å². The van der Waals surface area contributed by atoms with Crippen LogP contribution in [0.2, 0.25) is 0 Å². The Balaban J connectivity index is 0.00000220. The Hall–Kier alpha value is -1.10. The van der Waals surface area contributed by atoms with Crippen molar-refractivity contribution in [3.05, 3.63) is 35.4 Å². The summed E-state index contributed by atoms with van der Waals surface area (Å²) in [5, 5.41) is 2.99. The zero-order valence-electron chi connectivity index (χ0n) is 12.9. The average Bonchev–Trinajstić information content (AvgIpc) is 2.79. The third kappa shape index (κ3) is 5.30. The number of benzene rings is 1. The molecule has 1 amide bonds. The Morgan fingerprint density at radius 1 is 1.48 bits per heavy atom. The SMILES string of the molecule is Cc1cccc(CNC(=O)CN2CCC(C)(CN)C2)c1.Cl. The van der Waals surface area contributed by atoms with E-state index in [2.05, 4.69) is 36.2 Å². The first-order valence-electron chi connectivity index (χ1n) is 7.25. The second kappa shape index (κ2) is 7.78. The topological polar surface area (TPSA) is 58.4 Å². The van der Waals surface area contributed by atoms with Crippen LogP contribution in [-0.2, 0) is 11.3 Å². The summed E-state index contributed by atoms with van der Waals surface area (Å²) in [7, 11) is 0. The monoisotopic (exact) mass is 311 g/mol. The smallest absolute Gasteiger partial charge is 0.234 e. The number of likely N-dealkylation sites (tertiary alicyclic amines) is 1. The van der Waals surface area contributed by atoms with Gasteiger partial charge < -0.3 is 11.1 Å². The molecule has 1 aliphatic heterocycles. The molecule has 0 aliphatic carbocycles. The van der Waals surface area contributed by atoms with Crippen LogP contribution in [0.1, 0.15) is 24.5 Å². The Morgan fingerprint density at radius 3 is 2.86 bits per heavy atom. The Labute approximate surface area is 133 Å². The molecule has 0 saturated carbocycles. The van der Waals surface area contributed by atoms with Crippen LogP contribution in [0.3, 0.4) is 0 Å². The molecule has 1 heterocycles. The third-order valence-corrected chi connectivity index (χ3v) is 4.07. The highest BCUT2D eigenvalue weighted by Gasteiger charge is 2.32. The molecule has 1 unspecified atom stereocenters. The maximum atomic E-state index is 12.0. The molecule has 1 aliphatic rings. The van der Waals surface area contributed by atoms with E-state index in [-0.39, 0.29) is 23.7 Å². The molecule has 21 heavy (non-hydrogen) atoms. The van der Waals surface area contributed by atoms with Crippen LogP contribution >= 0.6 is 12.4 Å². The highest BCUT2D eigenvalue weighted by Crippen LogP contribution is 2.27. The van der Waals surface area contributed by atoms with Crippen LogP contribution in [0.25, 0.3) is 0 Å². The first-order valence-corrected chi connectivity index (χ1v) is 7.25. The second-order valence-corrected chi connectivity index (χ2v) is 6.24. The normalized spacial score (nSPS) is 21.9. The van der Waals surface area contributed by atoms with Crippen LogP contribution < -0.4 is 11.1 Å². The van der Waals surface area contributed by atoms with E-state index in [4.69, 9.17) is 5.73 Å². The molecular formula is C16H26ClN3O. The Bertz CT molecular complexity index is 480. The molecule has 0 bridgehead atoms. The van der Waals surface area contributed by atoms with E-state index in [0.29, 0.717) is 19.6 Å². The van der Waals surface area contributed by atoms with Gasteiger partial charge in [0.1, 0.15) is 0 Å². The molecule has 1 atom stereocenters. The van der Waals surface area contributed by atoms with Crippen LogP contribution in [0.5, 0.6) is 0 Å². The number of aryl methyl sites for hydroxylation is 1. The molecule has 0 aromatic heterocycles. The average molecular weight is 312 g/mol. The fraction of sp³-hybridized carbons (Fsp3) is 0.562. The van der Waals surface area contributed by atoms with Gasteiger partial charge >= 0.3 is 0 Å². The molecule has 1 fully saturated rings. The van der Waals surface area contributed by atoms with Crippen LogP contribution in [0.4, 0.5) is 0 Å². The molecule has 1 saturated heterocycles. The van der Waals surface area contributed by atoms with Crippen molar-refractivity contribution >= 4 is 18.3 Å². The summed E-state index contributed by atoms with van der Waals surface area (Å²) in [5.41, 5.74) is 8.32. The fourth-order valence-electron chi connectivity index (χ4n) is 2.71. The number of carbonyl (C=O) groups excluding carboxylic acids is 1. The van der Waals surface area contributed by atoms with Gasteiger partial charge in [0.15, 0.2) is 0 Å². The van der Waals surface area contributed by atoms with Gasteiger partial charge in [-0.1, -0.05) is 36.8 Å². The van der Waals surface area contributed by atoms with E-state index in [9.17, 15) is 4.79 Å². The van der Waals surface area contributed by atoms with E-state index in [0.717, 1.165) is 25.1 Å². The predicted octanol–water partition coefficient (Wildman–Crippen LogP) is 1.70. The van der Waals surface area contributed by atoms with Crippen molar-refractivity contribution in [1.82, 2.24) is 10.2 Å². The molecule has 0 radical (unpaired) electrons. The standard InChI is InChI=1S/C16H25N3O.ClH/c1-13-4-3-5-14(8-13)9-18-15(20)10-19-7-6-16(2,11-17)12-19;/h3-5,8H,6-7,9-12,17H2,1-2H3,(H,18,20);1H. The molecule has 5 heteroatoms. The lowest BCUT2D eigenvalue weighted by Crippen LogP contribution is -2.38. The van der Waals surface area contributed by atoms with Crippen molar-refractivity contribution in [2.75, 3.05) is 26.2 Å². The Morgan fingerprint density at radius 2 is 2.24 bits per heavy atom. The lowest BCUT2D eigenvalue weighted by molar-refractivity contribution is -0.122. The van der Waals surface area contributed by atoms with Crippen molar-refractivity contribution in [2.24, 2.45) is 11.1 Å². The largest absolute Gasteiger partial charge is 0.351 e. The number of rotatable bonds is 5. The van der Waals surface area contributed by atoms with Crippen molar-refractivity contribution in [3.63, 3.8) is 0 Å². The zero-order chi connectivity index (χ0) is 14.6. The van der Waals surface area contributed by atoms with Gasteiger partial charge in [-0.2, -0.15) is 0 Å². The first kappa shape index (κ1) is 18.0. The molecule has 2 rings (SSSR count). The lowest BCUT2D eigenvalue weighted by Gasteiger charge is -2.22. The van der Waals surface area contributed by atoms with Gasteiger partial charge in [0, 0.05) is 13.1 Å². The molecular weight excluding hydrogens is 286 g/mol. The number of nitrogens with two attached hydrogens (primary N) is 1. The van der Waals surface area contributed by atoms with Gasteiger partial charge in [-0.15, -0.1) is 12.4 Å². The lowest BCUT2D eigenvalue weighted by atomic mass is 9.90. The van der Waals surface area contributed by atoms with Crippen molar-refractivity contribution in [2.45, 2.75) is 26.8 Å². The molecule has 1 aromatic rings. The highest BCUT2D eigenvalue weighted by molar-refractivity contribution is 5.85. The van der Waals surface area contributed by atoms with Gasteiger partial charge in [0.05, 0.1) is 6.54 Å². The number of hydrogen-bond acceptors (Lipinski definition) is 3. The number of carbonyl (C=O) groups is 1. The van der Waals surface area contributed by atoms with Gasteiger partial charge in [0.2, 0.25) is 5.91 Å². The van der Waals surface area contributed by atoms with Crippen LogP contribution in [0.15, 0.2) is 24.3 Å². The zero-order valence-corrected chi connectivity index (χ0v) is 13.7. The minimum Gasteiger partial charge on any atom is -0.351 e. The minimum atomic E-state index is 0. The first-order chi connectivity index (χ1) is 9.50. The summed E-state index contributed by atoms with van der Waals surface area (Å²) in [6, 6.07) is 8.21. The summed E-state index contributed by atoms with van der Waals surface area (Å²) in [5.74, 6) is 0.0905. The number of amides is 1. The fourth-order valence-corrected chi connectivity index (χ4v) is 2.71. The van der Waals surface area contributed by atoms with Crippen LogP contribution in [-0.4, -0.2) is 37.0 Å². The minimum absolute atomic E-state index is 0. The molecule has 3 N–H and O–H groups in total. The van der Waals surface area contributed by atoms with E-state index < -0.39 is 0 Å². The van der Waals surface area contributed by atoms with Gasteiger partial charge in [-0.05, 0) is 37.4 Å². The van der Waals surface area contributed by atoms with E-state index >= 15 is 0 Å². The van der Waals surface area contributed by atoms with Gasteiger partial charge in [-0.25, -0.2) is 0 Å². The quantitative estimate of drug-likeness (QED) is 0.870. The third-order valence-electron chi connectivity index (χ3n) is 4.07. The van der Waals surface area contributed by atoms with E-state index in [1.165, 1.54) is 5.56 Å². The van der Waals surface area contributed by atoms with Gasteiger partial charge in [0.25, 0.3) is 0 Å². The molecule has 0 spiro atoms. The van der Waals surface area contributed by atoms with Gasteiger partial charge in [-0.3, -0.25) is 9.69 Å². The van der Waals surface area contributed by atoms with E-state index in [1.54, 1.807) is 0 Å². The second-order valence-electron chi connectivity index (χ2n) is 6.24. The number of nitrogens with one attached hydrogen (secondary N) is 1. The maximum Gasteiger partial charge on any atom is 0.234 e. The summed E-state index contributed by atoms with van der Waals surface area (Å²) >= 11 is 0. The number of halogens is 1. The number of nitrogens with zero attached hydrogens (tertiary/aromatic N) is 1. The Kier molecular flexibility index (Phi) is 6.65. The summed E-state index contributed by atoms with van der Waals surface area (Å²) < 4.78 is 0. The van der Waals surface area contributed by atoms with E-state index in [1.807, 2.05) is 12.1 Å². The summed E-state index contributed by atoms with van der Waals surface area (Å²) in [6.07, 6.45) is 1.08. The molecule has 1 aromatic carbocycles. The summed E-state index contributed by atoms with van der Waals surface area (Å²) in [6.45, 7) is 7.89. The van der Waals surface area contributed by atoms with Crippen LogP contribution in [0, 0.1) is 12.3 Å². The predicted molar refractivity (Wildman–Crippen MR) is 88.5 cm³/mol. The van der Waals surface area contributed by atoms with Crippen molar-refractivity contribution < 1.29 is 4.79 Å². The summed E-state index contributed by atoms with van der Waals surface area (Å²) in [4.78, 5) is 14.2.